The van der Waals surface area contributed by atoms with Crippen LogP contribution in [0.25, 0.3) is 0 Å². The Morgan fingerprint density at radius 3 is 2.14 bits per heavy atom. The number of aromatic nitrogens is 1. The molecule has 2 aromatic rings. The molecule has 0 fully saturated rings. The highest BCUT2D eigenvalue weighted by Crippen LogP contribution is 2.30. The van der Waals surface area contributed by atoms with Crippen molar-refractivity contribution in [3.8, 4) is 0 Å². The second kappa shape index (κ2) is 7.95. The summed E-state index contributed by atoms with van der Waals surface area (Å²) in [6, 6.07) is 3.80. The van der Waals surface area contributed by atoms with Gasteiger partial charge in [-0.15, -0.1) is 0 Å². The normalized spacial score (nSPS) is 12.8. The van der Waals surface area contributed by atoms with Crippen molar-refractivity contribution in [1.29, 1.82) is 5.41 Å². The summed E-state index contributed by atoms with van der Waals surface area (Å²) >= 11 is 0. The minimum absolute atomic E-state index is 0.0308. The van der Waals surface area contributed by atoms with Gasteiger partial charge in [-0.2, -0.15) is 26.3 Å². The first-order chi connectivity index (χ1) is 12.9. The molecule has 0 aliphatic rings. The summed E-state index contributed by atoms with van der Waals surface area (Å²) in [4.78, 5) is 3.44. The van der Waals surface area contributed by atoms with E-state index in [1.165, 1.54) is 0 Å². The van der Waals surface area contributed by atoms with Gasteiger partial charge in [-0.1, -0.05) is 0 Å². The van der Waals surface area contributed by atoms with E-state index in [2.05, 4.69) is 10.3 Å². The summed E-state index contributed by atoms with van der Waals surface area (Å²) in [7, 11) is 0. The fourth-order valence-corrected chi connectivity index (χ4v) is 2.07. The topological polar surface area (TPSA) is 48.8 Å². The van der Waals surface area contributed by atoms with Crippen LogP contribution >= 0.6 is 0 Å². The van der Waals surface area contributed by atoms with Gasteiger partial charge in [0.05, 0.1) is 17.5 Å². The van der Waals surface area contributed by atoms with E-state index < -0.39 is 47.4 Å². The number of benzene rings is 1. The van der Waals surface area contributed by atoms with Crippen LogP contribution in [0.1, 0.15) is 11.3 Å². The lowest BCUT2D eigenvalue weighted by Gasteiger charge is -2.14. The third kappa shape index (κ3) is 5.76. The molecule has 0 atom stereocenters. The van der Waals surface area contributed by atoms with E-state index >= 15 is 0 Å². The first-order valence-corrected chi connectivity index (χ1v) is 7.47. The van der Waals surface area contributed by atoms with Crippen LogP contribution in [0, 0.1) is 17.0 Å². The van der Waals surface area contributed by atoms with Crippen LogP contribution in [0.4, 0.5) is 40.8 Å². The van der Waals surface area contributed by atoms with E-state index in [1.807, 2.05) is 0 Å². The molecule has 11 heteroatoms. The van der Waals surface area contributed by atoms with Crippen LogP contribution in [0.5, 0.6) is 0 Å². The van der Waals surface area contributed by atoms with Gasteiger partial charge >= 0.3 is 12.4 Å². The average molecular weight is 409 g/mol. The number of pyridine rings is 1. The molecule has 0 saturated carbocycles. The standard InChI is InChI=1S/C17H11F8N3/c18-10-5-13(19)14(27-8-10)6-12(7-15(26)17(23,24)25)28-11-3-1-9(2-4-11)16(20,21)22/h1-5,7-8,26,28H,6H2/b12-7-,26-15?. The second-order valence-corrected chi connectivity index (χ2v) is 5.54. The van der Waals surface area contributed by atoms with Crippen LogP contribution in [-0.2, 0) is 12.6 Å². The molecule has 0 aliphatic heterocycles. The second-order valence-electron chi connectivity index (χ2n) is 5.54. The molecule has 0 aliphatic carbocycles. The zero-order valence-corrected chi connectivity index (χ0v) is 13.7. The Hall–Kier alpha value is -2.98. The molecule has 150 valence electrons. The van der Waals surface area contributed by atoms with Crippen molar-refractivity contribution < 1.29 is 35.1 Å². The first-order valence-electron chi connectivity index (χ1n) is 7.47. The Labute approximate surface area is 153 Å². The molecule has 0 bridgehead atoms. The number of alkyl halides is 6. The number of anilines is 1. The fourth-order valence-electron chi connectivity index (χ4n) is 2.07. The van der Waals surface area contributed by atoms with Crippen LogP contribution < -0.4 is 5.32 Å². The predicted octanol–water partition coefficient (Wildman–Crippen LogP) is 5.50. The maximum atomic E-state index is 13.7. The first kappa shape index (κ1) is 21.3. The molecule has 1 aromatic carbocycles. The molecule has 2 rings (SSSR count). The Morgan fingerprint density at radius 2 is 1.64 bits per heavy atom. The number of rotatable bonds is 5. The van der Waals surface area contributed by atoms with Gasteiger partial charge in [0.15, 0.2) is 0 Å². The maximum absolute atomic E-state index is 13.7. The van der Waals surface area contributed by atoms with Crippen LogP contribution in [0.2, 0.25) is 0 Å². The SMILES string of the molecule is N=C(/C=C(/Cc1ncc(F)cc1F)Nc1ccc(C(F)(F)F)cc1)C(F)(F)F. The van der Waals surface area contributed by atoms with E-state index in [4.69, 9.17) is 5.41 Å². The van der Waals surface area contributed by atoms with E-state index in [9.17, 15) is 35.1 Å². The number of hydrogen-bond donors (Lipinski definition) is 2. The molecule has 0 saturated heterocycles. The minimum Gasteiger partial charge on any atom is -0.359 e. The van der Waals surface area contributed by atoms with Crippen molar-refractivity contribution in [2.45, 2.75) is 18.8 Å². The summed E-state index contributed by atoms with van der Waals surface area (Å²) in [5.41, 5.74) is -3.57. The molecule has 1 aromatic heterocycles. The zero-order valence-electron chi connectivity index (χ0n) is 13.7. The Morgan fingerprint density at radius 1 is 1.04 bits per heavy atom. The molecular weight excluding hydrogens is 398 g/mol. The quantitative estimate of drug-likeness (QED) is 0.506. The highest BCUT2D eigenvalue weighted by atomic mass is 19.4. The van der Waals surface area contributed by atoms with Gasteiger partial charge in [-0.3, -0.25) is 10.4 Å². The van der Waals surface area contributed by atoms with E-state index in [0.29, 0.717) is 30.5 Å². The molecule has 28 heavy (non-hydrogen) atoms. The number of nitrogens with zero attached hydrogens (tertiary/aromatic N) is 1. The molecule has 3 nitrogen and oxygen atoms in total. The molecule has 2 N–H and O–H groups in total. The molecule has 0 unspecified atom stereocenters. The maximum Gasteiger partial charge on any atom is 0.432 e. The Bertz CT molecular complexity index is 883. The zero-order chi connectivity index (χ0) is 21.1. The summed E-state index contributed by atoms with van der Waals surface area (Å²) in [5.74, 6) is -2.12. The monoisotopic (exact) mass is 409 g/mol. The smallest absolute Gasteiger partial charge is 0.359 e. The highest BCUT2D eigenvalue weighted by Gasteiger charge is 2.33. The van der Waals surface area contributed by atoms with Gasteiger partial charge in [0.2, 0.25) is 0 Å². The minimum atomic E-state index is -5.00. The summed E-state index contributed by atoms with van der Waals surface area (Å²) in [6.07, 6.45) is -9.18. The largest absolute Gasteiger partial charge is 0.432 e. The molecule has 0 radical (unpaired) electrons. The van der Waals surface area contributed by atoms with Crippen molar-refractivity contribution in [2.24, 2.45) is 0 Å². The van der Waals surface area contributed by atoms with E-state index in [-0.39, 0.29) is 11.4 Å². The van der Waals surface area contributed by atoms with Gasteiger partial charge in [0, 0.05) is 23.9 Å². The van der Waals surface area contributed by atoms with E-state index in [1.54, 1.807) is 0 Å². The third-order valence-corrected chi connectivity index (χ3v) is 3.38. The predicted molar refractivity (Wildman–Crippen MR) is 84.8 cm³/mol. The number of hydrogen-bond acceptors (Lipinski definition) is 3. The van der Waals surface area contributed by atoms with Gasteiger partial charge in [-0.25, -0.2) is 8.78 Å². The Balaban J connectivity index is 2.33. The summed E-state index contributed by atoms with van der Waals surface area (Å²) in [6.45, 7) is 0. The van der Waals surface area contributed by atoms with Gasteiger partial charge in [0.25, 0.3) is 0 Å². The number of allylic oxidation sites excluding steroid dienone is 2. The van der Waals surface area contributed by atoms with Gasteiger partial charge < -0.3 is 5.32 Å². The third-order valence-electron chi connectivity index (χ3n) is 3.38. The number of nitrogens with one attached hydrogen (secondary N) is 2. The lowest BCUT2D eigenvalue weighted by atomic mass is 10.1. The van der Waals surface area contributed by atoms with Crippen molar-refractivity contribution in [3.05, 3.63) is 71.2 Å². The van der Waals surface area contributed by atoms with E-state index in [0.717, 1.165) is 12.1 Å². The molecule has 0 amide bonds. The van der Waals surface area contributed by atoms with Crippen LogP contribution in [0.3, 0.4) is 0 Å². The lowest BCUT2D eigenvalue weighted by Crippen LogP contribution is -2.21. The van der Waals surface area contributed by atoms with Crippen molar-refractivity contribution in [3.63, 3.8) is 0 Å². The lowest BCUT2D eigenvalue weighted by molar-refractivity contribution is -0.137. The Kier molecular flexibility index (Phi) is 6.05. The molecule has 1 heterocycles. The molecular formula is C17H11F8N3. The van der Waals surface area contributed by atoms with Crippen LogP contribution in [0.15, 0.2) is 48.3 Å². The summed E-state index contributed by atoms with van der Waals surface area (Å²) < 4.78 is 102. The fraction of sp³-hybridized carbons (Fsp3) is 0.176. The van der Waals surface area contributed by atoms with Crippen LogP contribution in [-0.4, -0.2) is 16.9 Å². The highest BCUT2D eigenvalue weighted by molar-refractivity contribution is 5.97. The van der Waals surface area contributed by atoms with Crippen molar-refractivity contribution >= 4 is 11.4 Å². The van der Waals surface area contributed by atoms with Gasteiger partial charge in [-0.05, 0) is 30.3 Å². The molecule has 0 spiro atoms. The number of halogens is 8. The van der Waals surface area contributed by atoms with Crippen molar-refractivity contribution in [2.75, 3.05) is 5.32 Å². The average Bonchev–Trinajstić information content (AvgIpc) is 2.56. The van der Waals surface area contributed by atoms with Crippen molar-refractivity contribution in [1.82, 2.24) is 4.98 Å². The summed E-state index contributed by atoms with van der Waals surface area (Å²) in [5, 5.41) is 9.45. The van der Waals surface area contributed by atoms with Gasteiger partial charge in [0.1, 0.15) is 17.3 Å².